The van der Waals surface area contributed by atoms with Crippen LogP contribution < -0.4 is 5.73 Å². The molecule has 0 atom stereocenters. The number of imidazole rings is 1. The van der Waals surface area contributed by atoms with Gasteiger partial charge in [0.15, 0.2) is 5.82 Å². The normalized spacial score (nSPS) is 11.5. The number of aromatic nitrogens is 2. The maximum atomic E-state index is 12.5. The van der Waals surface area contributed by atoms with Gasteiger partial charge in [0, 0.05) is 13.6 Å². The van der Waals surface area contributed by atoms with Crippen molar-refractivity contribution >= 4 is 11.0 Å². The van der Waals surface area contributed by atoms with E-state index in [9.17, 15) is 8.78 Å². The quantitative estimate of drug-likeness (QED) is 0.825. The molecule has 1 heterocycles. The molecule has 0 saturated carbocycles. The van der Waals surface area contributed by atoms with Crippen LogP contribution in [0.2, 0.25) is 0 Å². The van der Waals surface area contributed by atoms with Crippen LogP contribution in [0.4, 0.5) is 8.78 Å². The number of nitrogens with zero attached hydrogens (tertiary/aromatic N) is 2. The minimum atomic E-state index is -2.55. The van der Waals surface area contributed by atoms with Gasteiger partial charge in [-0.15, -0.1) is 0 Å². The smallest absolute Gasteiger partial charge is 0.295 e. The predicted octanol–water partition coefficient (Wildman–Crippen LogP) is 1.97. The van der Waals surface area contributed by atoms with Crippen LogP contribution in [0.1, 0.15) is 17.8 Å². The molecule has 0 unspecified atom stereocenters. The number of hydrogen-bond donors (Lipinski definition) is 1. The summed E-state index contributed by atoms with van der Waals surface area (Å²) in [6.07, 6.45) is -2.55. The third-order valence-electron chi connectivity index (χ3n) is 2.41. The summed E-state index contributed by atoms with van der Waals surface area (Å²) >= 11 is 0. The fourth-order valence-electron chi connectivity index (χ4n) is 1.59. The van der Waals surface area contributed by atoms with Gasteiger partial charge >= 0.3 is 0 Å². The van der Waals surface area contributed by atoms with Crippen LogP contribution in [0.3, 0.4) is 0 Å². The standard InChI is InChI=1S/C10H11F2N3/c1-15-8-3-2-6(5-13)4-7(8)14-10(15)9(11)12/h2-4,9H,5,13H2,1H3. The van der Waals surface area contributed by atoms with Gasteiger partial charge in [-0.25, -0.2) is 13.8 Å². The van der Waals surface area contributed by atoms with E-state index in [0.717, 1.165) is 5.56 Å². The Bertz CT molecular complexity index is 491. The average molecular weight is 211 g/mol. The molecule has 0 aliphatic rings. The van der Waals surface area contributed by atoms with Crippen LogP contribution in [0, 0.1) is 0 Å². The van der Waals surface area contributed by atoms with E-state index >= 15 is 0 Å². The highest BCUT2D eigenvalue weighted by Gasteiger charge is 2.16. The Kier molecular flexibility index (Phi) is 2.40. The summed E-state index contributed by atoms with van der Waals surface area (Å²) in [5.41, 5.74) is 7.62. The average Bonchev–Trinajstić information content (AvgIpc) is 2.55. The van der Waals surface area contributed by atoms with Gasteiger partial charge in [-0.05, 0) is 17.7 Å². The molecule has 3 nitrogen and oxygen atoms in total. The lowest BCUT2D eigenvalue weighted by molar-refractivity contribution is 0.137. The molecule has 0 aliphatic heterocycles. The molecule has 1 aromatic heterocycles. The highest BCUT2D eigenvalue weighted by Crippen LogP contribution is 2.23. The van der Waals surface area contributed by atoms with Crippen molar-refractivity contribution in [2.45, 2.75) is 13.0 Å². The first-order valence-electron chi connectivity index (χ1n) is 4.57. The van der Waals surface area contributed by atoms with Crippen LogP contribution in [0.25, 0.3) is 11.0 Å². The number of aryl methyl sites for hydroxylation is 1. The summed E-state index contributed by atoms with van der Waals surface area (Å²) < 4.78 is 26.5. The summed E-state index contributed by atoms with van der Waals surface area (Å²) in [5, 5.41) is 0. The minimum Gasteiger partial charge on any atom is -0.326 e. The van der Waals surface area contributed by atoms with Crippen LogP contribution >= 0.6 is 0 Å². The van der Waals surface area contributed by atoms with E-state index in [1.807, 2.05) is 6.07 Å². The van der Waals surface area contributed by atoms with Gasteiger partial charge in [0.2, 0.25) is 0 Å². The Morgan fingerprint density at radius 2 is 2.20 bits per heavy atom. The van der Waals surface area contributed by atoms with Crippen molar-refractivity contribution < 1.29 is 8.78 Å². The summed E-state index contributed by atoms with van der Waals surface area (Å²) in [5.74, 6) is -0.209. The fourth-order valence-corrected chi connectivity index (χ4v) is 1.59. The van der Waals surface area contributed by atoms with Crippen molar-refractivity contribution in [3.63, 3.8) is 0 Å². The molecule has 0 aliphatic carbocycles. The van der Waals surface area contributed by atoms with E-state index in [-0.39, 0.29) is 5.82 Å². The zero-order chi connectivity index (χ0) is 11.0. The Balaban J connectivity index is 2.65. The molecule has 1 aromatic carbocycles. The summed E-state index contributed by atoms with van der Waals surface area (Å²) in [6.45, 7) is 0.385. The third kappa shape index (κ3) is 1.59. The lowest BCUT2D eigenvalue weighted by atomic mass is 10.2. The molecule has 2 N–H and O–H groups in total. The van der Waals surface area contributed by atoms with Crippen LogP contribution in [0.5, 0.6) is 0 Å². The van der Waals surface area contributed by atoms with Crippen molar-refractivity contribution in [3.8, 4) is 0 Å². The van der Waals surface area contributed by atoms with Crippen LogP contribution in [0.15, 0.2) is 18.2 Å². The first-order valence-corrected chi connectivity index (χ1v) is 4.57. The molecule has 2 rings (SSSR count). The molecule has 5 heteroatoms. The first-order chi connectivity index (χ1) is 7.13. The molecule has 0 amide bonds. The van der Waals surface area contributed by atoms with E-state index in [1.54, 1.807) is 19.2 Å². The highest BCUT2D eigenvalue weighted by molar-refractivity contribution is 5.76. The maximum absolute atomic E-state index is 12.5. The van der Waals surface area contributed by atoms with Crippen molar-refractivity contribution in [2.24, 2.45) is 12.8 Å². The maximum Gasteiger partial charge on any atom is 0.295 e. The predicted molar refractivity (Wildman–Crippen MR) is 53.6 cm³/mol. The molecule has 0 saturated heterocycles. The largest absolute Gasteiger partial charge is 0.326 e. The number of alkyl halides is 2. The van der Waals surface area contributed by atoms with Gasteiger partial charge in [0.1, 0.15) is 0 Å². The zero-order valence-corrected chi connectivity index (χ0v) is 8.24. The topological polar surface area (TPSA) is 43.8 Å². The SMILES string of the molecule is Cn1c(C(F)F)nc2cc(CN)ccc21. The van der Waals surface area contributed by atoms with Gasteiger partial charge in [0.25, 0.3) is 6.43 Å². The van der Waals surface area contributed by atoms with Crippen molar-refractivity contribution in [1.29, 1.82) is 0 Å². The van der Waals surface area contributed by atoms with Gasteiger partial charge in [-0.2, -0.15) is 0 Å². The summed E-state index contributed by atoms with van der Waals surface area (Å²) in [6, 6.07) is 5.32. The molecular formula is C10H11F2N3. The summed E-state index contributed by atoms with van der Waals surface area (Å²) in [7, 11) is 1.58. The molecule has 0 bridgehead atoms. The summed E-state index contributed by atoms with van der Waals surface area (Å²) in [4.78, 5) is 3.88. The second-order valence-electron chi connectivity index (χ2n) is 3.36. The van der Waals surface area contributed by atoms with Crippen LogP contribution in [-0.2, 0) is 13.6 Å². The van der Waals surface area contributed by atoms with Gasteiger partial charge in [0.05, 0.1) is 11.0 Å². The number of benzene rings is 1. The first kappa shape index (κ1) is 10.0. The Labute approximate surface area is 85.5 Å². The molecular weight excluding hydrogens is 200 g/mol. The molecule has 15 heavy (non-hydrogen) atoms. The fraction of sp³-hybridized carbons (Fsp3) is 0.300. The van der Waals surface area contributed by atoms with Crippen molar-refractivity contribution in [1.82, 2.24) is 9.55 Å². The number of nitrogens with two attached hydrogens (primary N) is 1. The monoisotopic (exact) mass is 211 g/mol. The van der Waals surface area contributed by atoms with Gasteiger partial charge in [-0.3, -0.25) is 0 Å². The van der Waals surface area contributed by atoms with Crippen molar-refractivity contribution in [2.75, 3.05) is 0 Å². The van der Waals surface area contributed by atoms with Gasteiger partial charge in [-0.1, -0.05) is 6.07 Å². The second kappa shape index (κ2) is 3.58. The Morgan fingerprint density at radius 1 is 1.47 bits per heavy atom. The lowest BCUT2D eigenvalue weighted by Gasteiger charge is -2.00. The molecule has 80 valence electrons. The lowest BCUT2D eigenvalue weighted by Crippen LogP contribution is -1.97. The molecule has 0 spiro atoms. The van der Waals surface area contributed by atoms with E-state index in [1.165, 1.54) is 4.57 Å². The molecule has 2 aromatic rings. The minimum absolute atomic E-state index is 0.209. The van der Waals surface area contributed by atoms with E-state index in [0.29, 0.717) is 17.6 Å². The zero-order valence-electron chi connectivity index (χ0n) is 8.24. The third-order valence-corrected chi connectivity index (χ3v) is 2.41. The number of halogens is 2. The molecule has 0 fully saturated rings. The van der Waals surface area contributed by atoms with E-state index in [4.69, 9.17) is 5.73 Å². The number of fused-ring (bicyclic) bond motifs is 1. The van der Waals surface area contributed by atoms with Crippen LogP contribution in [-0.4, -0.2) is 9.55 Å². The number of rotatable bonds is 2. The van der Waals surface area contributed by atoms with Crippen molar-refractivity contribution in [3.05, 3.63) is 29.6 Å². The van der Waals surface area contributed by atoms with Gasteiger partial charge < -0.3 is 10.3 Å². The van der Waals surface area contributed by atoms with E-state index in [2.05, 4.69) is 4.98 Å². The Hall–Kier alpha value is -1.49. The number of hydrogen-bond acceptors (Lipinski definition) is 2. The van der Waals surface area contributed by atoms with E-state index < -0.39 is 6.43 Å². The Morgan fingerprint density at radius 3 is 2.80 bits per heavy atom. The second-order valence-corrected chi connectivity index (χ2v) is 3.36. The highest BCUT2D eigenvalue weighted by atomic mass is 19.3. The molecule has 0 radical (unpaired) electrons.